The molecule has 11 unspecified atom stereocenters. The van der Waals surface area contributed by atoms with Gasteiger partial charge in [0.2, 0.25) is 0 Å². The third-order valence-electron chi connectivity index (χ3n) is 10.8. The van der Waals surface area contributed by atoms with E-state index in [1.54, 1.807) is 70.2 Å². The van der Waals surface area contributed by atoms with Gasteiger partial charge in [-0.25, -0.2) is 4.79 Å². The second-order valence-electron chi connectivity index (χ2n) is 14.7. The Balaban J connectivity index is 1.90. The lowest BCUT2D eigenvalue weighted by atomic mass is 9.54. The molecule has 2 bridgehead atoms. The summed E-state index contributed by atoms with van der Waals surface area (Å²) in [6, 6.07) is 8.23. The highest BCUT2D eigenvalue weighted by Crippen LogP contribution is 2.69. The topological polar surface area (TPSA) is 167 Å². The van der Waals surface area contributed by atoms with Gasteiger partial charge in [0.15, 0.2) is 11.7 Å². The maximum Gasteiger partial charge on any atom is 0.338 e. The number of hydrogen-bond donors (Lipinski definition) is 0. The molecule has 3 fully saturated rings. The van der Waals surface area contributed by atoms with E-state index in [9.17, 15) is 28.8 Å². The third kappa shape index (κ3) is 6.07. The molecule has 1 saturated heterocycles. The molecule has 1 aromatic rings. The quantitative estimate of drug-likeness (QED) is 0.218. The zero-order valence-corrected chi connectivity index (χ0v) is 29.9. The fourth-order valence-electron chi connectivity index (χ4n) is 9.57. The van der Waals surface area contributed by atoms with Gasteiger partial charge in [-0.2, -0.15) is 0 Å². The smallest absolute Gasteiger partial charge is 0.338 e. The maximum absolute atomic E-state index is 14.1. The minimum Gasteiger partial charge on any atom is -0.462 e. The molecule has 13 heteroatoms. The highest BCUT2D eigenvalue weighted by molar-refractivity contribution is 5.89. The van der Waals surface area contributed by atoms with Crippen molar-refractivity contribution in [3.8, 4) is 0 Å². The lowest BCUT2D eigenvalue weighted by molar-refractivity contribution is -0.239. The molecule has 272 valence electrons. The predicted octanol–water partition coefficient (Wildman–Crippen LogP) is 3.90. The fraction of sp³-hybridized carbons (Fsp3) is 0.622. The molecule has 1 heterocycles. The maximum atomic E-state index is 14.1. The van der Waals surface area contributed by atoms with Gasteiger partial charge in [-0.15, -0.1) is 0 Å². The lowest BCUT2D eigenvalue weighted by Crippen LogP contribution is -2.64. The molecule has 0 N–H and O–H groups in total. The van der Waals surface area contributed by atoms with E-state index in [0.29, 0.717) is 0 Å². The van der Waals surface area contributed by atoms with E-state index in [1.807, 2.05) is 0 Å². The number of ether oxygens (including phenoxy) is 7. The van der Waals surface area contributed by atoms with Gasteiger partial charge < -0.3 is 33.2 Å². The molecule has 11 atom stereocenters. The van der Waals surface area contributed by atoms with Gasteiger partial charge in [-0.3, -0.25) is 24.0 Å². The second-order valence-corrected chi connectivity index (χ2v) is 14.7. The number of hydrogen-bond acceptors (Lipinski definition) is 13. The molecule has 0 spiro atoms. The summed E-state index contributed by atoms with van der Waals surface area (Å²) in [6.45, 7) is 12.9. The molecule has 1 aliphatic heterocycles. The molecular formula is C37H46O13. The Morgan fingerprint density at radius 2 is 1.42 bits per heavy atom. The van der Waals surface area contributed by atoms with Gasteiger partial charge in [0, 0.05) is 46.5 Å². The summed E-state index contributed by atoms with van der Waals surface area (Å²) in [5, 5.41) is 0. The number of fused-ring (bicyclic) bond motifs is 1. The van der Waals surface area contributed by atoms with Crippen LogP contribution in [-0.4, -0.2) is 83.6 Å². The summed E-state index contributed by atoms with van der Waals surface area (Å²) < 4.78 is 43.9. The van der Waals surface area contributed by atoms with Crippen molar-refractivity contribution >= 4 is 35.8 Å². The van der Waals surface area contributed by atoms with Crippen LogP contribution < -0.4 is 0 Å². The van der Waals surface area contributed by atoms with Crippen molar-refractivity contribution in [2.75, 3.05) is 6.61 Å². The average Bonchev–Trinajstić information content (AvgIpc) is 3.43. The Morgan fingerprint density at radius 3 is 1.98 bits per heavy atom. The van der Waals surface area contributed by atoms with Crippen molar-refractivity contribution in [1.29, 1.82) is 0 Å². The SMILES string of the molecule is CC(=O)OC1C(C)CC2(OC(C)=O)C1C(OC(C)=O)C13COC(C)(C2OC(=O)c2ccccc2)C1C(C(C)(C)OC(C)=O)C=CC3OC(C)=O. The second kappa shape index (κ2) is 13.1. The average molecular weight is 699 g/mol. The first kappa shape index (κ1) is 37.0. The van der Waals surface area contributed by atoms with Crippen LogP contribution in [0.25, 0.3) is 0 Å². The van der Waals surface area contributed by atoms with E-state index in [2.05, 4.69) is 0 Å². The predicted molar refractivity (Wildman–Crippen MR) is 173 cm³/mol. The van der Waals surface area contributed by atoms with Crippen LogP contribution in [-0.2, 0) is 57.1 Å². The summed E-state index contributed by atoms with van der Waals surface area (Å²) in [6.07, 6.45) is -1.46. The number of carbonyl (C=O) groups is 6. The van der Waals surface area contributed by atoms with E-state index >= 15 is 0 Å². The van der Waals surface area contributed by atoms with Crippen LogP contribution in [0.15, 0.2) is 42.5 Å². The minimum atomic E-state index is -1.81. The highest BCUT2D eigenvalue weighted by atomic mass is 16.6. The molecule has 3 aliphatic carbocycles. The molecule has 0 radical (unpaired) electrons. The first-order valence-corrected chi connectivity index (χ1v) is 16.8. The van der Waals surface area contributed by atoms with Gasteiger partial charge in [-0.1, -0.05) is 31.2 Å². The highest BCUT2D eigenvalue weighted by Gasteiger charge is 2.82. The van der Waals surface area contributed by atoms with E-state index in [4.69, 9.17) is 33.2 Å². The number of rotatable bonds is 8. The van der Waals surface area contributed by atoms with Crippen LogP contribution in [0.2, 0.25) is 0 Å². The monoisotopic (exact) mass is 698 g/mol. The Bertz CT molecular complexity index is 1580. The minimum absolute atomic E-state index is 0.00507. The zero-order chi connectivity index (χ0) is 37.0. The van der Waals surface area contributed by atoms with Crippen molar-refractivity contribution in [3.63, 3.8) is 0 Å². The summed E-state index contributed by atoms with van der Waals surface area (Å²) in [7, 11) is 0. The number of esters is 6. The normalized spacial score (nSPS) is 36.9. The molecule has 13 nitrogen and oxygen atoms in total. The zero-order valence-electron chi connectivity index (χ0n) is 29.9. The van der Waals surface area contributed by atoms with Crippen molar-refractivity contribution in [3.05, 3.63) is 48.0 Å². The summed E-state index contributed by atoms with van der Waals surface area (Å²) >= 11 is 0. The molecule has 5 rings (SSSR count). The van der Waals surface area contributed by atoms with Crippen LogP contribution in [0.1, 0.15) is 79.1 Å². The van der Waals surface area contributed by atoms with Crippen LogP contribution in [0, 0.1) is 29.1 Å². The molecule has 0 amide bonds. The van der Waals surface area contributed by atoms with Crippen LogP contribution in [0.4, 0.5) is 0 Å². The van der Waals surface area contributed by atoms with Crippen molar-refractivity contribution in [2.24, 2.45) is 29.1 Å². The van der Waals surface area contributed by atoms with E-state index in [-0.39, 0.29) is 18.6 Å². The van der Waals surface area contributed by atoms with E-state index in [1.165, 1.54) is 34.6 Å². The lowest BCUT2D eigenvalue weighted by Gasteiger charge is -2.53. The summed E-state index contributed by atoms with van der Waals surface area (Å²) in [5.41, 5.74) is -5.93. The Morgan fingerprint density at radius 1 is 0.800 bits per heavy atom. The van der Waals surface area contributed by atoms with E-state index < -0.39 is 106 Å². The molecule has 1 aromatic carbocycles. The number of carbonyl (C=O) groups excluding carboxylic acids is 6. The molecular weight excluding hydrogens is 652 g/mol. The van der Waals surface area contributed by atoms with Crippen LogP contribution in [0.5, 0.6) is 0 Å². The Labute approximate surface area is 291 Å². The fourth-order valence-corrected chi connectivity index (χ4v) is 9.57. The van der Waals surface area contributed by atoms with Gasteiger partial charge in [0.25, 0.3) is 0 Å². The van der Waals surface area contributed by atoms with Gasteiger partial charge in [0.1, 0.15) is 29.5 Å². The first-order valence-electron chi connectivity index (χ1n) is 16.8. The molecule has 4 aliphatic rings. The third-order valence-corrected chi connectivity index (χ3v) is 10.8. The summed E-state index contributed by atoms with van der Waals surface area (Å²) in [4.78, 5) is 78.6. The van der Waals surface area contributed by atoms with Crippen molar-refractivity contribution in [1.82, 2.24) is 0 Å². The van der Waals surface area contributed by atoms with E-state index in [0.717, 1.165) is 0 Å². The first-order chi connectivity index (χ1) is 23.3. The molecule has 0 aromatic heterocycles. The molecule has 2 saturated carbocycles. The van der Waals surface area contributed by atoms with Crippen LogP contribution >= 0.6 is 0 Å². The van der Waals surface area contributed by atoms with Gasteiger partial charge >= 0.3 is 35.8 Å². The largest absolute Gasteiger partial charge is 0.462 e. The standard InChI is InChI=1S/C37H46O13/c1-19-17-37(50-24(6)42)28(29(19)46-21(3)39)31(47-22(4)40)36-18-44-35(9,33(37)48-32(43)25-13-11-10-12-14-25)30(36)26(34(7,8)49-23(5)41)15-16-27(36)45-20(2)38/h10-16,19,26-31,33H,17-18H2,1-9H3. The van der Waals surface area contributed by atoms with Crippen molar-refractivity contribution < 1.29 is 61.9 Å². The Kier molecular flexibility index (Phi) is 9.72. The van der Waals surface area contributed by atoms with Crippen LogP contribution in [0.3, 0.4) is 0 Å². The van der Waals surface area contributed by atoms with Crippen molar-refractivity contribution in [2.45, 2.75) is 110 Å². The molecule has 50 heavy (non-hydrogen) atoms. The van der Waals surface area contributed by atoms with Gasteiger partial charge in [0.05, 0.1) is 23.5 Å². The van der Waals surface area contributed by atoms with Gasteiger partial charge in [-0.05, 0) is 51.3 Å². The number of benzene rings is 1. The summed E-state index contributed by atoms with van der Waals surface area (Å²) in [5.74, 6) is -7.36. The Hall–Kier alpha value is -4.26.